The number of carbonyl (C=O) groups excluding carboxylic acids is 1. The Morgan fingerprint density at radius 2 is 1.92 bits per heavy atom. The van der Waals surface area contributed by atoms with Crippen molar-refractivity contribution in [2.45, 2.75) is 17.9 Å². The first kappa shape index (κ1) is 16.9. The Morgan fingerprint density at radius 3 is 2.50 bits per heavy atom. The van der Waals surface area contributed by atoms with Crippen LogP contribution in [0.5, 0.6) is 0 Å². The first-order valence-corrected chi connectivity index (χ1v) is 9.33. The molecular formula is C15H17ClN4O3S. The molecule has 1 aliphatic rings. The third kappa shape index (κ3) is 3.61. The molecule has 0 spiro atoms. The van der Waals surface area contributed by atoms with Gasteiger partial charge in [0.1, 0.15) is 0 Å². The summed E-state index contributed by atoms with van der Waals surface area (Å²) in [4.78, 5) is 18.7. The lowest BCUT2D eigenvalue weighted by molar-refractivity contribution is -0.120. The lowest BCUT2D eigenvalue weighted by Crippen LogP contribution is -2.41. The minimum Gasteiger partial charge on any atom is -0.335 e. The molecule has 1 aromatic heterocycles. The van der Waals surface area contributed by atoms with E-state index in [0.717, 1.165) is 0 Å². The normalized spacial score (nSPS) is 16.9. The monoisotopic (exact) mass is 368 g/mol. The van der Waals surface area contributed by atoms with Gasteiger partial charge in [-0.3, -0.25) is 4.79 Å². The number of hydrogen-bond acceptors (Lipinski definition) is 4. The van der Waals surface area contributed by atoms with Crippen LogP contribution in [0.2, 0.25) is 5.02 Å². The van der Waals surface area contributed by atoms with Gasteiger partial charge in [0.15, 0.2) is 5.03 Å². The predicted octanol–water partition coefficient (Wildman–Crippen LogP) is 2.10. The molecule has 24 heavy (non-hydrogen) atoms. The van der Waals surface area contributed by atoms with Gasteiger partial charge in [0.25, 0.3) is 10.0 Å². The number of amides is 1. The number of imidazole rings is 1. The summed E-state index contributed by atoms with van der Waals surface area (Å²) < 4.78 is 26.2. The van der Waals surface area contributed by atoms with Gasteiger partial charge < -0.3 is 10.3 Å². The van der Waals surface area contributed by atoms with Gasteiger partial charge in [-0.05, 0) is 37.1 Å². The summed E-state index contributed by atoms with van der Waals surface area (Å²) in [5, 5.41) is 3.52. The third-order valence-electron chi connectivity index (χ3n) is 4.03. The Kier molecular flexibility index (Phi) is 4.88. The number of nitrogens with zero attached hydrogens (tertiary/aromatic N) is 2. The second-order valence-corrected chi connectivity index (χ2v) is 7.93. The highest BCUT2D eigenvalue weighted by Gasteiger charge is 2.32. The number of rotatable bonds is 4. The van der Waals surface area contributed by atoms with Crippen LogP contribution in [-0.4, -0.2) is 41.7 Å². The lowest BCUT2D eigenvalue weighted by atomic mass is 9.97. The number of hydrogen-bond donors (Lipinski definition) is 2. The van der Waals surface area contributed by atoms with Crippen LogP contribution in [0.3, 0.4) is 0 Å². The van der Waals surface area contributed by atoms with Gasteiger partial charge in [0, 0.05) is 29.7 Å². The molecule has 1 saturated heterocycles. The fraction of sp³-hybridized carbons (Fsp3) is 0.333. The lowest BCUT2D eigenvalue weighted by Gasteiger charge is -2.30. The van der Waals surface area contributed by atoms with Crippen molar-refractivity contribution in [1.82, 2.24) is 14.3 Å². The van der Waals surface area contributed by atoms with Crippen LogP contribution in [0, 0.1) is 5.92 Å². The maximum atomic E-state index is 12.4. The van der Waals surface area contributed by atoms with Gasteiger partial charge >= 0.3 is 0 Å². The number of halogens is 1. The smallest absolute Gasteiger partial charge is 0.260 e. The van der Waals surface area contributed by atoms with E-state index < -0.39 is 10.0 Å². The van der Waals surface area contributed by atoms with Gasteiger partial charge in [0.2, 0.25) is 5.91 Å². The minimum absolute atomic E-state index is 0.0755. The quantitative estimate of drug-likeness (QED) is 0.863. The molecule has 1 aliphatic heterocycles. The highest BCUT2D eigenvalue weighted by atomic mass is 35.5. The molecule has 2 heterocycles. The van der Waals surface area contributed by atoms with Gasteiger partial charge in [-0.2, -0.15) is 4.31 Å². The topological polar surface area (TPSA) is 95.2 Å². The first-order valence-electron chi connectivity index (χ1n) is 7.52. The van der Waals surface area contributed by atoms with E-state index in [0.29, 0.717) is 36.6 Å². The van der Waals surface area contributed by atoms with E-state index in [2.05, 4.69) is 15.3 Å². The van der Waals surface area contributed by atoms with E-state index in [-0.39, 0.29) is 16.9 Å². The number of aromatic amines is 1. The molecule has 9 heteroatoms. The molecule has 2 aromatic rings. The van der Waals surface area contributed by atoms with Crippen molar-refractivity contribution in [3.63, 3.8) is 0 Å². The SMILES string of the molecule is O=C(Nc1ccc(Cl)cc1)C1CCN(S(=O)(=O)c2cnc[nH]2)CC1. The molecule has 0 saturated carbocycles. The molecule has 1 aromatic carbocycles. The molecule has 0 radical (unpaired) electrons. The largest absolute Gasteiger partial charge is 0.335 e. The van der Waals surface area contributed by atoms with Gasteiger partial charge in [-0.25, -0.2) is 13.4 Å². The summed E-state index contributed by atoms with van der Waals surface area (Å²) in [6.45, 7) is 0.611. The van der Waals surface area contributed by atoms with Gasteiger partial charge in [-0.1, -0.05) is 11.6 Å². The van der Waals surface area contributed by atoms with Crippen LogP contribution in [0.1, 0.15) is 12.8 Å². The van der Waals surface area contributed by atoms with E-state index in [4.69, 9.17) is 11.6 Å². The number of piperidine rings is 1. The second kappa shape index (κ2) is 6.92. The third-order valence-corrected chi connectivity index (χ3v) is 6.10. The van der Waals surface area contributed by atoms with Gasteiger partial charge in [0.05, 0.1) is 12.5 Å². The number of aromatic nitrogens is 2. The van der Waals surface area contributed by atoms with Crippen LogP contribution in [0.15, 0.2) is 41.8 Å². The molecule has 0 atom stereocenters. The number of anilines is 1. The standard InChI is InChI=1S/C15H17ClN4O3S/c16-12-1-3-13(4-2-12)19-15(21)11-5-7-20(8-6-11)24(22,23)14-9-17-10-18-14/h1-4,9-11H,5-8H2,(H,17,18)(H,19,21). The molecule has 0 aliphatic carbocycles. The van der Waals surface area contributed by atoms with Crippen molar-refractivity contribution >= 4 is 33.2 Å². The second-order valence-electron chi connectivity index (χ2n) is 5.59. The van der Waals surface area contributed by atoms with Crippen molar-refractivity contribution < 1.29 is 13.2 Å². The van der Waals surface area contributed by atoms with E-state index in [9.17, 15) is 13.2 Å². The summed E-state index contributed by atoms with van der Waals surface area (Å²) >= 11 is 5.82. The van der Waals surface area contributed by atoms with E-state index in [1.165, 1.54) is 16.8 Å². The van der Waals surface area contributed by atoms with Crippen molar-refractivity contribution in [3.8, 4) is 0 Å². The predicted molar refractivity (Wildman–Crippen MR) is 90.2 cm³/mol. The Bertz CT molecular complexity index is 798. The maximum Gasteiger partial charge on any atom is 0.260 e. The number of carbonyl (C=O) groups is 1. The van der Waals surface area contributed by atoms with Crippen LogP contribution in [0.4, 0.5) is 5.69 Å². The van der Waals surface area contributed by atoms with Crippen molar-refractivity contribution in [1.29, 1.82) is 0 Å². The summed E-state index contributed by atoms with van der Waals surface area (Å²) in [5.41, 5.74) is 0.678. The zero-order valence-corrected chi connectivity index (χ0v) is 14.3. The van der Waals surface area contributed by atoms with E-state index in [1.54, 1.807) is 24.3 Å². The zero-order valence-electron chi connectivity index (χ0n) is 12.8. The summed E-state index contributed by atoms with van der Waals surface area (Å²) in [6.07, 6.45) is 3.58. The van der Waals surface area contributed by atoms with Crippen LogP contribution < -0.4 is 5.32 Å². The molecule has 1 amide bonds. The average Bonchev–Trinajstić information content (AvgIpc) is 3.12. The minimum atomic E-state index is -3.56. The maximum absolute atomic E-state index is 12.4. The Balaban J connectivity index is 1.58. The molecule has 1 fully saturated rings. The van der Waals surface area contributed by atoms with E-state index >= 15 is 0 Å². The first-order chi connectivity index (χ1) is 11.5. The summed E-state index contributed by atoms with van der Waals surface area (Å²) in [6, 6.07) is 6.88. The van der Waals surface area contributed by atoms with Gasteiger partial charge in [-0.15, -0.1) is 0 Å². The average molecular weight is 369 g/mol. The van der Waals surface area contributed by atoms with E-state index in [1.807, 2.05) is 0 Å². The number of nitrogens with one attached hydrogen (secondary N) is 2. The molecular weight excluding hydrogens is 352 g/mol. The molecule has 7 nitrogen and oxygen atoms in total. The van der Waals surface area contributed by atoms with Crippen molar-refractivity contribution in [3.05, 3.63) is 41.8 Å². The molecule has 2 N–H and O–H groups in total. The Hall–Kier alpha value is -1.90. The Morgan fingerprint density at radius 1 is 1.25 bits per heavy atom. The molecule has 0 bridgehead atoms. The number of sulfonamides is 1. The fourth-order valence-electron chi connectivity index (χ4n) is 2.66. The molecule has 3 rings (SSSR count). The van der Waals surface area contributed by atoms with Crippen LogP contribution in [0.25, 0.3) is 0 Å². The number of H-pyrrole nitrogens is 1. The summed E-state index contributed by atoms with van der Waals surface area (Å²) in [7, 11) is -3.56. The van der Waals surface area contributed by atoms with Crippen LogP contribution in [-0.2, 0) is 14.8 Å². The highest BCUT2D eigenvalue weighted by Crippen LogP contribution is 2.24. The van der Waals surface area contributed by atoms with Crippen molar-refractivity contribution in [2.75, 3.05) is 18.4 Å². The number of benzene rings is 1. The zero-order chi connectivity index (χ0) is 17.2. The molecule has 0 unspecified atom stereocenters. The highest BCUT2D eigenvalue weighted by molar-refractivity contribution is 7.89. The summed E-state index contributed by atoms with van der Waals surface area (Å²) in [5.74, 6) is -0.315. The fourth-order valence-corrected chi connectivity index (χ4v) is 4.15. The van der Waals surface area contributed by atoms with Crippen molar-refractivity contribution in [2.24, 2.45) is 5.92 Å². The Labute approximate surface area is 145 Å². The molecule has 128 valence electrons. The van der Waals surface area contributed by atoms with Crippen LogP contribution >= 0.6 is 11.6 Å².